The van der Waals surface area contributed by atoms with Crippen molar-refractivity contribution >= 4 is 16.9 Å². The number of benzene rings is 1. The van der Waals surface area contributed by atoms with Gasteiger partial charge in [0.05, 0.1) is 11.6 Å². The number of nitrogens with one attached hydrogen (secondary N) is 1. The Hall–Kier alpha value is -2.63. The van der Waals surface area contributed by atoms with E-state index in [1.54, 1.807) is 6.07 Å². The fraction of sp³-hybridized carbons (Fsp3) is 0. The molecule has 5 nitrogen and oxygen atoms in total. The third kappa shape index (κ3) is 1.46. The van der Waals surface area contributed by atoms with Gasteiger partial charge in [-0.25, -0.2) is 9.18 Å². The number of H-pyrrole nitrogens is 1. The number of aromatic amines is 1. The lowest BCUT2D eigenvalue weighted by Gasteiger charge is -1.93. The minimum Gasteiger partial charge on any atom is -0.478 e. The highest BCUT2D eigenvalue weighted by Crippen LogP contribution is 2.29. The molecule has 0 saturated heterocycles. The quantitative estimate of drug-likeness (QED) is 0.728. The van der Waals surface area contributed by atoms with Gasteiger partial charge < -0.3 is 9.52 Å². The molecule has 0 amide bonds. The predicted octanol–water partition coefficient (Wildman–Crippen LogP) is 2.66. The Morgan fingerprint density at radius 3 is 3.00 bits per heavy atom. The molecule has 0 aliphatic heterocycles. The van der Waals surface area contributed by atoms with E-state index < -0.39 is 11.8 Å². The molecular weight excluding hydrogens is 239 g/mol. The normalized spacial score (nSPS) is 10.9. The van der Waals surface area contributed by atoms with Gasteiger partial charge in [-0.1, -0.05) is 6.07 Å². The number of aromatic nitrogens is 2. The maximum Gasteiger partial charge on any atom is 0.339 e. The summed E-state index contributed by atoms with van der Waals surface area (Å²) in [6.07, 6.45) is 1.18. The molecule has 18 heavy (non-hydrogen) atoms. The van der Waals surface area contributed by atoms with Crippen molar-refractivity contribution in [2.75, 3.05) is 0 Å². The van der Waals surface area contributed by atoms with Crippen LogP contribution < -0.4 is 0 Å². The number of carboxylic acid groups (broad SMARTS) is 1. The number of carboxylic acids is 1. The highest BCUT2D eigenvalue weighted by atomic mass is 19.1. The van der Waals surface area contributed by atoms with Crippen molar-refractivity contribution in [3.05, 3.63) is 41.8 Å². The largest absolute Gasteiger partial charge is 0.478 e. The van der Waals surface area contributed by atoms with Crippen molar-refractivity contribution in [2.24, 2.45) is 0 Å². The van der Waals surface area contributed by atoms with Crippen molar-refractivity contribution < 1.29 is 18.7 Å². The van der Waals surface area contributed by atoms with E-state index in [1.807, 2.05) is 0 Å². The van der Waals surface area contributed by atoms with Gasteiger partial charge in [0.1, 0.15) is 22.7 Å². The van der Waals surface area contributed by atoms with E-state index >= 15 is 0 Å². The van der Waals surface area contributed by atoms with E-state index in [4.69, 9.17) is 9.52 Å². The predicted molar refractivity (Wildman–Crippen MR) is 60.7 cm³/mol. The Morgan fingerprint density at radius 1 is 1.44 bits per heavy atom. The van der Waals surface area contributed by atoms with Crippen LogP contribution in [0.15, 0.2) is 34.9 Å². The summed E-state index contributed by atoms with van der Waals surface area (Å²) in [7, 11) is 0. The lowest BCUT2D eigenvalue weighted by atomic mass is 10.2. The molecule has 2 heterocycles. The van der Waals surface area contributed by atoms with Gasteiger partial charge in [0, 0.05) is 0 Å². The maximum absolute atomic E-state index is 13.5. The number of carbonyl (C=O) groups is 1. The third-order valence-electron chi connectivity index (χ3n) is 2.62. The standard InChI is InChI=1S/C12H7FN2O3/c13-8-2-1-3-9-6(8)4-10(18-9)11-7(12(16)17)5-14-15-11/h1-5H,(H,14,15)(H,16,17). The molecule has 0 unspecified atom stereocenters. The van der Waals surface area contributed by atoms with Crippen LogP contribution in [0.1, 0.15) is 10.4 Å². The fourth-order valence-corrected chi connectivity index (χ4v) is 1.78. The summed E-state index contributed by atoms with van der Waals surface area (Å²) in [5, 5.41) is 15.5. The lowest BCUT2D eigenvalue weighted by molar-refractivity contribution is 0.0697. The van der Waals surface area contributed by atoms with Crippen molar-refractivity contribution in [3.8, 4) is 11.5 Å². The van der Waals surface area contributed by atoms with Crippen LogP contribution in [0.5, 0.6) is 0 Å². The molecule has 0 aliphatic rings. The molecule has 6 heteroatoms. The SMILES string of the molecule is O=C(O)c1cn[nH]c1-c1cc2c(F)cccc2o1. The zero-order valence-electron chi connectivity index (χ0n) is 8.98. The molecule has 0 radical (unpaired) electrons. The molecule has 0 saturated carbocycles. The molecule has 2 N–H and O–H groups in total. The topological polar surface area (TPSA) is 79.1 Å². The summed E-state index contributed by atoms with van der Waals surface area (Å²) in [5.74, 6) is -1.30. The van der Waals surface area contributed by atoms with E-state index in [9.17, 15) is 9.18 Å². The van der Waals surface area contributed by atoms with Crippen LogP contribution >= 0.6 is 0 Å². The van der Waals surface area contributed by atoms with Gasteiger partial charge in [0.15, 0.2) is 5.76 Å². The number of nitrogens with zero attached hydrogens (tertiary/aromatic N) is 1. The van der Waals surface area contributed by atoms with Gasteiger partial charge in [-0.05, 0) is 18.2 Å². The minimum absolute atomic E-state index is 0.0190. The van der Waals surface area contributed by atoms with Gasteiger partial charge >= 0.3 is 5.97 Å². The number of halogens is 1. The summed E-state index contributed by atoms with van der Waals surface area (Å²) in [6.45, 7) is 0. The first kappa shape index (κ1) is 10.5. The summed E-state index contributed by atoms with van der Waals surface area (Å²) < 4.78 is 18.9. The summed E-state index contributed by atoms with van der Waals surface area (Å²) in [5.41, 5.74) is 0.559. The first-order chi connectivity index (χ1) is 8.66. The van der Waals surface area contributed by atoms with Crippen LogP contribution in [-0.4, -0.2) is 21.3 Å². The van der Waals surface area contributed by atoms with Crippen LogP contribution in [0.4, 0.5) is 4.39 Å². The second-order valence-electron chi connectivity index (χ2n) is 3.73. The van der Waals surface area contributed by atoms with Crippen molar-refractivity contribution in [1.82, 2.24) is 10.2 Å². The number of hydrogen-bond acceptors (Lipinski definition) is 3. The van der Waals surface area contributed by atoms with E-state index in [2.05, 4.69) is 10.2 Å². The maximum atomic E-state index is 13.5. The zero-order chi connectivity index (χ0) is 12.7. The van der Waals surface area contributed by atoms with Crippen molar-refractivity contribution in [3.63, 3.8) is 0 Å². The van der Waals surface area contributed by atoms with E-state index in [-0.39, 0.29) is 17.0 Å². The Labute approximate surface area is 99.8 Å². The van der Waals surface area contributed by atoms with Crippen LogP contribution in [0, 0.1) is 5.82 Å². The first-order valence-electron chi connectivity index (χ1n) is 5.12. The molecule has 3 aromatic rings. The molecular formula is C12H7FN2O3. The molecule has 2 aromatic heterocycles. The first-order valence-corrected chi connectivity index (χ1v) is 5.12. The van der Waals surface area contributed by atoms with E-state index in [1.165, 1.54) is 24.4 Å². The molecule has 0 fully saturated rings. The zero-order valence-corrected chi connectivity index (χ0v) is 8.98. The smallest absolute Gasteiger partial charge is 0.339 e. The molecule has 3 rings (SSSR count). The Balaban J connectivity index is 2.23. The van der Waals surface area contributed by atoms with E-state index in [0.717, 1.165) is 0 Å². The molecule has 0 spiro atoms. The molecule has 0 atom stereocenters. The minimum atomic E-state index is -1.13. The third-order valence-corrected chi connectivity index (χ3v) is 2.62. The van der Waals surface area contributed by atoms with Gasteiger partial charge in [-0.2, -0.15) is 5.10 Å². The Morgan fingerprint density at radius 2 is 2.28 bits per heavy atom. The summed E-state index contributed by atoms with van der Waals surface area (Å²) in [4.78, 5) is 11.0. The van der Waals surface area contributed by atoms with Gasteiger partial charge in [0.2, 0.25) is 0 Å². The second kappa shape index (κ2) is 3.69. The van der Waals surface area contributed by atoms with Crippen molar-refractivity contribution in [1.29, 1.82) is 0 Å². The highest BCUT2D eigenvalue weighted by Gasteiger charge is 2.18. The number of rotatable bonds is 2. The summed E-state index contributed by atoms with van der Waals surface area (Å²) >= 11 is 0. The molecule has 0 aliphatic carbocycles. The molecule has 90 valence electrons. The Kier molecular flexibility index (Phi) is 2.16. The average Bonchev–Trinajstić information content (AvgIpc) is 2.95. The van der Waals surface area contributed by atoms with Crippen LogP contribution in [0.2, 0.25) is 0 Å². The number of hydrogen-bond donors (Lipinski definition) is 2. The second-order valence-corrected chi connectivity index (χ2v) is 3.73. The fourth-order valence-electron chi connectivity index (χ4n) is 1.78. The Bertz CT molecular complexity index is 745. The average molecular weight is 246 g/mol. The van der Waals surface area contributed by atoms with Gasteiger partial charge in [0.25, 0.3) is 0 Å². The van der Waals surface area contributed by atoms with Crippen molar-refractivity contribution in [2.45, 2.75) is 0 Å². The van der Waals surface area contributed by atoms with Crippen LogP contribution in [0.25, 0.3) is 22.4 Å². The highest BCUT2D eigenvalue weighted by molar-refractivity contribution is 5.95. The number of fused-ring (bicyclic) bond motifs is 1. The van der Waals surface area contributed by atoms with Gasteiger partial charge in [-0.15, -0.1) is 0 Å². The number of furan rings is 1. The monoisotopic (exact) mass is 246 g/mol. The lowest BCUT2D eigenvalue weighted by Crippen LogP contribution is -1.95. The van der Waals surface area contributed by atoms with Crippen LogP contribution in [0.3, 0.4) is 0 Å². The van der Waals surface area contributed by atoms with Crippen LogP contribution in [-0.2, 0) is 0 Å². The molecule has 1 aromatic carbocycles. The van der Waals surface area contributed by atoms with E-state index in [0.29, 0.717) is 11.0 Å². The summed E-state index contributed by atoms with van der Waals surface area (Å²) in [6, 6.07) is 5.89. The number of aromatic carboxylic acids is 1. The van der Waals surface area contributed by atoms with Gasteiger partial charge in [-0.3, -0.25) is 5.10 Å². The molecule has 0 bridgehead atoms.